The van der Waals surface area contributed by atoms with E-state index in [2.05, 4.69) is 15.6 Å². The molecule has 1 saturated heterocycles. The summed E-state index contributed by atoms with van der Waals surface area (Å²) in [5, 5.41) is 7.20. The molecule has 5 heteroatoms. The number of nitrogens with zero attached hydrogens (tertiary/aromatic N) is 1. The number of hydrogen-bond acceptors (Lipinski definition) is 3. The monoisotopic (exact) mass is 241 g/mol. The fraction of sp³-hybridized carbons (Fsp3) is 0.818. The second kappa shape index (κ2) is 5.08. The fourth-order valence-corrected chi connectivity index (χ4v) is 3.53. The van der Waals surface area contributed by atoms with Gasteiger partial charge in [0, 0.05) is 17.8 Å². The Labute approximate surface area is 101 Å². The minimum Gasteiger partial charge on any atom is -0.359 e. The third kappa shape index (κ3) is 2.70. The van der Waals surface area contributed by atoms with Gasteiger partial charge in [0.2, 0.25) is 5.91 Å². The van der Waals surface area contributed by atoms with Crippen LogP contribution in [0.3, 0.4) is 0 Å². The second-order valence-electron chi connectivity index (χ2n) is 4.48. The van der Waals surface area contributed by atoms with Crippen molar-refractivity contribution in [2.45, 2.75) is 38.1 Å². The van der Waals surface area contributed by atoms with Crippen molar-refractivity contribution in [3.05, 3.63) is 0 Å². The highest BCUT2D eigenvalue weighted by molar-refractivity contribution is 8.14. The summed E-state index contributed by atoms with van der Waals surface area (Å²) in [6.45, 7) is 2.84. The van der Waals surface area contributed by atoms with E-state index in [0.29, 0.717) is 12.1 Å². The Morgan fingerprint density at radius 3 is 3.00 bits per heavy atom. The van der Waals surface area contributed by atoms with Gasteiger partial charge in [-0.05, 0) is 19.8 Å². The molecular weight excluding hydrogens is 222 g/mol. The van der Waals surface area contributed by atoms with E-state index in [0.717, 1.165) is 10.9 Å². The Bertz CT molecular complexity index is 298. The first kappa shape index (κ1) is 11.8. The van der Waals surface area contributed by atoms with Crippen molar-refractivity contribution in [2.24, 2.45) is 4.99 Å². The van der Waals surface area contributed by atoms with Crippen LogP contribution in [0.4, 0.5) is 0 Å². The lowest BCUT2D eigenvalue weighted by molar-refractivity contribution is -0.119. The summed E-state index contributed by atoms with van der Waals surface area (Å²) in [5.74, 6) is 1.12. The highest BCUT2D eigenvalue weighted by Gasteiger charge is 2.39. The van der Waals surface area contributed by atoms with Crippen LogP contribution < -0.4 is 10.6 Å². The van der Waals surface area contributed by atoms with Crippen molar-refractivity contribution in [1.29, 1.82) is 0 Å². The maximum Gasteiger partial charge on any atom is 0.241 e. The van der Waals surface area contributed by atoms with Crippen molar-refractivity contribution in [1.82, 2.24) is 10.6 Å². The Hall–Kier alpha value is -0.710. The number of likely N-dealkylation sites (N-methyl/N-ethyl adjacent to an activating group) is 1. The van der Waals surface area contributed by atoms with Crippen molar-refractivity contribution < 1.29 is 4.79 Å². The van der Waals surface area contributed by atoms with Gasteiger partial charge in [0.1, 0.15) is 6.54 Å². The summed E-state index contributed by atoms with van der Waals surface area (Å²) in [4.78, 5) is 15.6. The predicted octanol–water partition coefficient (Wildman–Crippen LogP) is 1.13. The van der Waals surface area contributed by atoms with Gasteiger partial charge in [-0.2, -0.15) is 0 Å². The molecule has 0 aromatic carbocycles. The van der Waals surface area contributed by atoms with E-state index in [9.17, 15) is 4.79 Å². The molecule has 2 rings (SSSR count). The molecule has 0 aromatic heterocycles. The molecule has 2 aliphatic rings. The van der Waals surface area contributed by atoms with Crippen LogP contribution in [-0.2, 0) is 4.79 Å². The summed E-state index contributed by atoms with van der Waals surface area (Å²) in [5.41, 5.74) is 0.296. The standard InChI is InChI=1S/C11H19N3OS/c1-2-12-9(15)7-13-10-14-11(8-16-10)5-3-4-6-11/h2-8H2,1H3,(H,12,15)(H,13,14). The number of aliphatic imine (C=N–C) groups is 1. The van der Waals surface area contributed by atoms with Gasteiger partial charge in [-0.25, -0.2) is 0 Å². The number of amidine groups is 1. The lowest BCUT2D eigenvalue weighted by Gasteiger charge is -2.21. The quantitative estimate of drug-likeness (QED) is 0.779. The van der Waals surface area contributed by atoms with E-state index in [1.54, 1.807) is 11.8 Å². The van der Waals surface area contributed by atoms with Gasteiger partial charge in [0.15, 0.2) is 5.17 Å². The normalized spacial score (nSPS) is 24.9. The van der Waals surface area contributed by atoms with Crippen molar-refractivity contribution in [3.8, 4) is 0 Å². The third-order valence-electron chi connectivity index (χ3n) is 3.16. The lowest BCUT2D eigenvalue weighted by Crippen LogP contribution is -2.41. The molecule has 1 saturated carbocycles. The first-order chi connectivity index (χ1) is 7.74. The molecule has 0 atom stereocenters. The first-order valence-corrected chi connectivity index (χ1v) is 6.95. The molecule has 2 fully saturated rings. The predicted molar refractivity (Wildman–Crippen MR) is 67.8 cm³/mol. The Morgan fingerprint density at radius 2 is 2.31 bits per heavy atom. The van der Waals surface area contributed by atoms with E-state index in [1.165, 1.54) is 25.7 Å². The number of amides is 1. The molecule has 4 nitrogen and oxygen atoms in total. The Kier molecular flexibility index (Phi) is 3.74. The van der Waals surface area contributed by atoms with Crippen LogP contribution in [0.1, 0.15) is 32.6 Å². The number of thioether (sulfide) groups is 1. The lowest BCUT2D eigenvalue weighted by atomic mass is 10.0. The number of nitrogens with one attached hydrogen (secondary N) is 2. The zero-order chi connectivity index (χ0) is 11.4. The van der Waals surface area contributed by atoms with Gasteiger partial charge in [-0.1, -0.05) is 24.6 Å². The van der Waals surface area contributed by atoms with Crippen molar-refractivity contribution in [3.63, 3.8) is 0 Å². The van der Waals surface area contributed by atoms with E-state index >= 15 is 0 Å². The van der Waals surface area contributed by atoms with Gasteiger partial charge in [-0.15, -0.1) is 0 Å². The molecule has 16 heavy (non-hydrogen) atoms. The van der Waals surface area contributed by atoms with Crippen LogP contribution in [0.2, 0.25) is 0 Å². The van der Waals surface area contributed by atoms with Crippen LogP contribution in [0, 0.1) is 0 Å². The van der Waals surface area contributed by atoms with Gasteiger partial charge < -0.3 is 10.6 Å². The van der Waals surface area contributed by atoms with E-state index in [1.807, 2.05) is 6.92 Å². The minimum atomic E-state index is 0.00442. The van der Waals surface area contributed by atoms with Crippen molar-refractivity contribution in [2.75, 3.05) is 18.8 Å². The summed E-state index contributed by atoms with van der Waals surface area (Å²) < 4.78 is 0. The van der Waals surface area contributed by atoms with E-state index < -0.39 is 0 Å². The van der Waals surface area contributed by atoms with Gasteiger partial charge in [-0.3, -0.25) is 9.79 Å². The van der Waals surface area contributed by atoms with Gasteiger partial charge in [0.25, 0.3) is 0 Å². The van der Waals surface area contributed by atoms with Gasteiger partial charge in [0.05, 0.1) is 0 Å². The summed E-state index contributed by atoms with van der Waals surface area (Å²) >= 11 is 1.76. The maximum absolute atomic E-state index is 11.3. The first-order valence-electron chi connectivity index (χ1n) is 5.96. The van der Waals surface area contributed by atoms with Crippen LogP contribution in [-0.4, -0.2) is 35.5 Å². The summed E-state index contributed by atoms with van der Waals surface area (Å²) in [6.07, 6.45) is 5.13. The number of carbonyl (C=O) groups excluding carboxylic acids is 1. The summed E-state index contributed by atoms with van der Waals surface area (Å²) in [6, 6.07) is 0. The summed E-state index contributed by atoms with van der Waals surface area (Å²) in [7, 11) is 0. The molecule has 1 aliphatic carbocycles. The highest BCUT2D eigenvalue weighted by atomic mass is 32.2. The molecular formula is C11H19N3OS. The highest BCUT2D eigenvalue weighted by Crippen LogP contribution is 2.37. The second-order valence-corrected chi connectivity index (χ2v) is 5.44. The number of rotatable bonds is 3. The van der Waals surface area contributed by atoms with Gasteiger partial charge >= 0.3 is 0 Å². The van der Waals surface area contributed by atoms with E-state index in [4.69, 9.17) is 0 Å². The number of carbonyl (C=O) groups is 1. The minimum absolute atomic E-state index is 0.00442. The van der Waals surface area contributed by atoms with Crippen LogP contribution in [0.25, 0.3) is 0 Å². The zero-order valence-corrected chi connectivity index (χ0v) is 10.5. The Morgan fingerprint density at radius 1 is 1.56 bits per heavy atom. The molecule has 0 radical (unpaired) electrons. The number of hydrogen-bond donors (Lipinski definition) is 2. The molecule has 0 unspecified atom stereocenters. The topological polar surface area (TPSA) is 53.5 Å². The molecule has 0 aromatic rings. The average Bonchev–Trinajstić information content (AvgIpc) is 2.88. The van der Waals surface area contributed by atoms with Crippen molar-refractivity contribution >= 4 is 22.8 Å². The third-order valence-corrected chi connectivity index (χ3v) is 4.36. The van der Waals surface area contributed by atoms with Crippen LogP contribution in [0.5, 0.6) is 0 Å². The average molecular weight is 241 g/mol. The molecule has 90 valence electrons. The molecule has 1 amide bonds. The van der Waals surface area contributed by atoms with Crippen LogP contribution in [0.15, 0.2) is 4.99 Å². The fourth-order valence-electron chi connectivity index (χ4n) is 2.31. The maximum atomic E-state index is 11.3. The zero-order valence-electron chi connectivity index (χ0n) is 9.71. The SMILES string of the molecule is CCNC(=O)CN=C1NC2(CCCC2)CS1. The van der Waals surface area contributed by atoms with Crippen LogP contribution >= 0.6 is 11.8 Å². The molecule has 1 heterocycles. The smallest absolute Gasteiger partial charge is 0.241 e. The van der Waals surface area contributed by atoms with E-state index in [-0.39, 0.29) is 12.5 Å². The Balaban J connectivity index is 1.83. The largest absolute Gasteiger partial charge is 0.359 e. The molecule has 1 spiro atoms. The molecule has 1 aliphatic heterocycles. The molecule has 2 N–H and O–H groups in total. The molecule has 0 bridgehead atoms.